The third kappa shape index (κ3) is 5.11. The average molecular weight is 391 g/mol. The number of hydrogen-bond acceptors (Lipinski definition) is 2. The molecule has 0 atom stereocenters. The first-order valence-corrected chi connectivity index (χ1v) is 10.3. The van der Waals surface area contributed by atoms with E-state index in [0.29, 0.717) is 13.0 Å². The summed E-state index contributed by atoms with van der Waals surface area (Å²) in [6.07, 6.45) is 8.59. The van der Waals surface area contributed by atoms with Crippen molar-refractivity contribution in [3.63, 3.8) is 0 Å². The summed E-state index contributed by atoms with van der Waals surface area (Å²) in [5.74, 6) is 1.38. The highest BCUT2D eigenvalue weighted by molar-refractivity contribution is 5.75. The van der Waals surface area contributed by atoms with Gasteiger partial charge in [-0.15, -0.1) is 0 Å². The van der Waals surface area contributed by atoms with Crippen molar-refractivity contribution < 1.29 is 9.18 Å². The first-order chi connectivity index (χ1) is 14.2. The van der Waals surface area contributed by atoms with Crippen molar-refractivity contribution in [2.45, 2.75) is 45.1 Å². The molecule has 4 rings (SSSR count). The second kappa shape index (κ2) is 9.03. The maximum absolute atomic E-state index is 13.1. The van der Waals surface area contributed by atoms with Gasteiger partial charge in [0.2, 0.25) is 5.91 Å². The van der Waals surface area contributed by atoms with Gasteiger partial charge < -0.3 is 10.3 Å². The molecule has 0 saturated heterocycles. The summed E-state index contributed by atoms with van der Waals surface area (Å²) in [5, 5.41) is 3.02. The third-order valence-electron chi connectivity index (χ3n) is 5.70. The molecule has 1 amide bonds. The Bertz CT molecular complexity index is 941. The lowest BCUT2D eigenvalue weighted by molar-refractivity contribution is -0.121. The topological polar surface area (TPSA) is 57.8 Å². The van der Waals surface area contributed by atoms with Crippen molar-refractivity contribution in [3.05, 3.63) is 66.1 Å². The predicted molar refractivity (Wildman–Crippen MR) is 112 cm³/mol. The average Bonchev–Trinajstić information content (AvgIpc) is 3.44. The van der Waals surface area contributed by atoms with Crippen LogP contribution in [0, 0.1) is 11.7 Å². The summed E-state index contributed by atoms with van der Waals surface area (Å²) in [6, 6.07) is 14.3. The first-order valence-electron chi connectivity index (χ1n) is 10.3. The van der Waals surface area contributed by atoms with Crippen molar-refractivity contribution in [1.82, 2.24) is 15.3 Å². The highest BCUT2D eigenvalue weighted by Gasteiger charge is 2.16. The van der Waals surface area contributed by atoms with E-state index in [-0.39, 0.29) is 11.7 Å². The van der Waals surface area contributed by atoms with Gasteiger partial charge in [0.15, 0.2) is 0 Å². The monoisotopic (exact) mass is 391 g/mol. The third-order valence-corrected chi connectivity index (χ3v) is 5.70. The van der Waals surface area contributed by atoms with Crippen LogP contribution in [0.2, 0.25) is 0 Å². The summed E-state index contributed by atoms with van der Waals surface area (Å²) in [7, 11) is 0. The molecule has 29 heavy (non-hydrogen) atoms. The Morgan fingerprint density at radius 3 is 2.45 bits per heavy atom. The molecule has 3 aromatic rings. The van der Waals surface area contributed by atoms with Gasteiger partial charge in [-0.2, -0.15) is 0 Å². The summed E-state index contributed by atoms with van der Waals surface area (Å²) in [4.78, 5) is 19.8. The molecule has 1 aromatic heterocycles. The summed E-state index contributed by atoms with van der Waals surface area (Å²) in [6.45, 7) is 0.544. The van der Waals surface area contributed by atoms with Crippen LogP contribution in [-0.2, 0) is 11.3 Å². The van der Waals surface area contributed by atoms with E-state index < -0.39 is 0 Å². The number of nitrogens with one attached hydrogen (secondary N) is 2. The zero-order valence-corrected chi connectivity index (χ0v) is 16.5. The first kappa shape index (κ1) is 19.4. The Kier molecular flexibility index (Phi) is 6.03. The highest BCUT2D eigenvalue weighted by atomic mass is 19.1. The number of hydrogen-bond donors (Lipinski definition) is 2. The fraction of sp³-hybridized carbons (Fsp3) is 0.333. The molecular formula is C24H26FN3O. The lowest BCUT2D eigenvalue weighted by Crippen LogP contribution is -2.22. The molecule has 2 N–H and O–H groups in total. The zero-order valence-electron chi connectivity index (χ0n) is 16.5. The van der Waals surface area contributed by atoms with Gasteiger partial charge in [0.1, 0.15) is 11.6 Å². The lowest BCUT2D eigenvalue weighted by Gasteiger charge is -2.09. The molecule has 1 heterocycles. The number of amides is 1. The smallest absolute Gasteiger partial charge is 0.220 e. The molecule has 2 aromatic carbocycles. The molecule has 0 spiro atoms. The number of benzene rings is 2. The fourth-order valence-electron chi connectivity index (χ4n) is 3.95. The molecule has 1 fully saturated rings. The Labute approximate surface area is 170 Å². The van der Waals surface area contributed by atoms with E-state index in [0.717, 1.165) is 40.5 Å². The number of carbonyl (C=O) groups excluding carboxylic acids is 1. The lowest BCUT2D eigenvalue weighted by atomic mass is 10.0. The molecule has 1 saturated carbocycles. The largest absolute Gasteiger partial charge is 0.352 e. The molecule has 1 aliphatic carbocycles. The Morgan fingerprint density at radius 1 is 1.03 bits per heavy atom. The van der Waals surface area contributed by atoms with Gasteiger partial charge >= 0.3 is 0 Å². The van der Waals surface area contributed by atoms with E-state index in [1.54, 1.807) is 18.3 Å². The molecule has 5 heteroatoms. The fourth-order valence-corrected chi connectivity index (χ4v) is 3.95. The number of imidazole rings is 1. The number of halogens is 1. The van der Waals surface area contributed by atoms with E-state index in [1.165, 1.54) is 37.8 Å². The number of aromatic nitrogens is 2. The van der Waals surface area contributed by atoms with E-state index >= 15 is 0 Å². The van der Waals surface area contributed by atoms with Crippen molar-refractivity contribution in [2.75, 3.05) is 0 Å². The Balaban J connectivity index is 1.31. The second-order valence-electron chi connectivity index (χ2n) is 7.82. The molecule has 150 valence electrons. The SMILES string of the molecule is O=C(CCC1CCCC1)NCc1ccc(-c2ncc(-c3ccc(F)cc3)[nH]2)cc1. The highest BCUT2D eigenvalue weighted by Crippen LogP contribution is 2.28. The van der Waals surface area contributed by atoms with Crippen molar-refractivity contribution in [2.24, 2.45) is 5.92 Å². The van der Waals surface area contributed by atoms with Gasteiger partial charge in [0.05, 0.1) is 11.9 Å². The van der Waals surface area contributed by atoms with Crippen molar-refractivity contribution >= 4 is 5.91 Å². The van der Waals surface area contributed by atoms with Crippen LogP contribution in [0.3, 0.4) is 0 Å². The minimum Gasteiger partial charge on any atom is -0.352 e. The maximum atomic E-state index is 13.1. The van der Waals surface area contributed by atoms with Gasteiger partial charge in [-0.25, -0.2) is 9.37 Å². The van der Waals surface area contributed by atoms with Gasteiger partial charge in [0, 0.05) is 18.5 Å². The van der Waals surface area contributed by atoms with Crippen LogP contribution in [0.15, 0.2) is 54.7 Å². The number of aromatic amines is 1. The summed E-state index contributed by atoms with van der Waals surface area (Å²) in [5.41, 5.74) is 3.77. The predicted octanol–water partition coefficient (Wildman–Crippen LogP) is 5.47. The van der Waals surface area contributed by atoms with Gasteiger partial charge in [-0.05, 0) is 47.7 Å². The van der Waals surface area contributed by atoms with E-state index in [4.69, 9.17) is 0 Å². The van der Waals surface area contributed by atoms with Crippen LogP contribution in [0.1, 0.15) is 44.1 Å². The van der Waals surface area contributed by atoms with Gasteiger partial charge in [0.25, 0.3) is 0 Å². The van der Waals surface area contributed by atoms with E-state index in [2.05, 4.69) is 15.3 Å². The molecular weight excluding hydrogens is 365 g/mol. The van der Waals surface area contributed by atoms with Crippen LogP contribution in [0.4, 0.5) is 4.39 Å². The van der Waals surface area contributed by atoms with Crippen LogP contribution in [0.5, 0.6) is 0 Å². The second-order valence-corrected chi connectivity index (χ2v) is 7.82. The van der Waals surface area contributed by atoms with Crippen molar-refractivity contribution in [3.8, 4) is 22.6 Å². The standard InChI is InChI=1S/C24H26FN3O/c25-21-12-10-19(11-13-21)22-16-27-24(28-22)20-8-5-18(6-9-20)15-26-23(29)14-7-17-3-1-2-4-17/h5-6,8-13,16-17H,1-4,7,14-15H2,(H,26,29)(H,27,28). The van der Waals surface area contributed by atoms with Gasteiger partial charge in [-0.1, -0.05) is 49.9 Å². The summed E-state index contributed by atoms with van der Waals surface area (Å²) >= 11 is 0. The van der Waals surface area contributed by atoms with Crippen LogP contribution in [0.25, 0.3) is 22.6 Å². The summed E-state index contributed by atoms with van der Waals surface area (Å²) < 4.78 is 13.1. The zero-order chi connectivity index (χ0) is 20.1. The van der Waals surface area contributed by atoms with Gasteiger partial charge in [-0.3, -0.25) is 4.79 Å². The number of nitrogens with zero attached hydrogens (tertiary/aromatic N) is 1. The quantitative estimate of drug-likeness (QED) is 0.561. The van der Waals surface area contributed by atoms with Crippen molar-refractivity contribution in [1.29, 1.82) is 0 Å². The van der Waals surface area contributed by atoms with E-state index in [1.807, 2.05) is 24.3 Å². The van der Waals surface area contributed by atoms with E-state index in [9.17, 15) is 9.18 Å². The van der Waals surface area contributed by atoms with Crippen LogP contribution < -0.4 is 5.32 Å². The molecule has 4 nitrogen and oxygen atoms in total. The number of carbonyl (C=O) groups is 1. The maximum Gasteiger partial charge on any atom is 0.220 e. The minimum atomic E-state index is -0.255. The molecule has 1 aliphatic rings. The number of H-pyrrole nitrogens is 1. The molecule has 0 radical (unpaired) electrons. The minimum absolute atomic E-state index is 0.135. The Hall–Kier alpha value is -2.95. The molecule has 0 unspecified atom stereocenters. The molecule has 0 aliphatic heterocycles. The Morgan fingerprint density at radius 2 is 1.72 bits per heavy atom. The molecule has 0 bridgehead atoms. The number of rotatable bonds is 7. The normalized spacial score (nSPS) is 14.2. The van der Waals surface area contributed by atoms with Crippen LogP contribution in [-0.4, -0.2) is 15.9 Å². The van der Waals surface area contributed by atoms with Crippen LogP contribution >= 0.6 is 0 Å².